The lowest BCUT2D eigenvalue weighted by atomic mass is 9.98. The zero-order chi connectivity index (χ0) is 14.8. The smallest absolute Gasteiger partial charge is 0.254 e. The molecule has 0 aromatic heterocycles. The van der Waals surface area contributed by atoms with Crippen LogP contribution in [-0.2, 0) is 19.6 Å². The van der Waals surface area contributed by atoms with E-state index in [9.17, 15) is 4.79 Å². The minimum absolute atomic E-state index is 0.0368. The van der Waals surface area contributed by atoms with Crippen molar-refractivity contribution in [2.24, 2.45) is 0 Å². The van der Waals surface area contributed by atoms with Crippen molar-refractivity contribution < 1.29 is 9.90 Å². The first-order valence-electron chi connectivity index (χ1n) is 7.04. The monoisotopic (exact) mass is 282 g/mol. The summed E-state index contributed by atoms with van der Waals surface area (Å²) >= 11 is 0. The molecule has 2 aromatic rings. The third kappa shape index (κ3) is 2.76. The van der Waals surface area contributed by atoms with Gasteiger partial charge in [0.15, 0.2) is 0 Å². The van der Waals surface area contributed by atoms with Gasteiger partial charge in [0.2, 0.25) is 0 Å². The predicted molar refractivity (Wildman–Crippen MR) is 81.7 cm³/mol. The van der Waals surface area contributed by atoms with E-state index in [1.165, 1.54) is 0 Å². The van der Waals surface area contributed by atoms with Crippen LogP contribution < -0.4 is 5.73 Å². The van der Waals surface area contributed by atoms with Gasteiger partial charge in [0.05, 0.1) is 6.61 Å². The van der Waals surface area contributed by atoms with E-state index >= 15 is 0 Å². The molecule has 0 fully saturated rings. The minimum Gasteiger partial charge on any atom is -0.399 e. The van der Waals surface area contributed by atoms with E-state index in [0.717, 1.165) is 29.7 Å². The van der Waals surface area contributed by atoms with Crippen molar-refractivity contribution in [1.82, 2.24) is 4.90 Å². The largest absolute Gasteiger partial charge is 0.399 e. The Morgan fingerprint density at radius 3 is 2.52 bits per heavy atom. The van der Waals surface area contributed by atoms with Crippen molar-refractivity contribution in [1.29, 1.82) is 0 Å². The van der Waals surface area contributed by atoms with Crippen LogP contribution in [0.3, 0.4) is 0 Å². The highest BCUT2D eigenvalue weighted by Crippen LogP contribution is 2.22. The number of hydrogen-bond acceptors (Lipinski definition) is 3. The second-order valence-electron chi connectivity index (χ2n) is 5.37. The normalized spacial score (nSPS) is 14.1. The molecule has 0 unspecified atom stereocenters. The average molecular weight is 282 g/mol. The molecule has 1 aliphatic rings. The summed E-state index contributed by atoms with van der Waals surface area (Å²) < 4.78 is 0. The van der Waals surface area contributed by atoms with Crippen molar-refractivity contribution in [3.63, 3.8) is 0 Å². The van der Waals surface area contributed by atoms with E-state index in [2.05, 4.69) is 0 Å². The minimum atomic E-state index is 0.0368. The molecule has 108 valence electrons. The van der Waals surface area contributed by atoms with Crippen LogP contribution >= 0.6 is 0 Å². The molecule has 0 bridgehead atoms. The van der Waals surface area contributed by atoms with Crippen LogP contribution in [0.4, 0.5) is 5.69 Å². The van der Waals surface area contributed by atoms with E-state index in [1.54, 1.807) is 6.07 Å². The van der Waals surface area contributed by atoms with Crippen LogP contribution in [0.2, 0.25) is 0 Å². The first-order valence-corrected chi connectivity index (χ1v) is 7.04. The number of rotatable bonds is 3. The molecule has 0 saturated carbocycles. The molecule has 0 atom stereocenters. The number of nitrogens with two attached hydrogens (primary N) is 1. The highest BCUT2D eigenvalue weighted by atomic mass is 16.3. The number of aliphatic hydroxyl groups is 1. The van der Waals surface area contributed by atoms with Gasteiger partial charge < -0.3 is 15.7 Å². The van der Waals surface area contributed by atoms with Crippen molar-refractivity contribution >= 4 is 11.6 Å². The van der Waals surface area contributed by atoms with Crippen LogP contribution in [0.5, 0.6) is 0 Å². The van der Waals surface area contributed by atoms with Crippen LogP contribution in [0, 0.1) is 0 Å². The Labute approximate surface area is 123 Å². The maximum absolute atomic E-state index is 12.5. The van der Waals surface area contributed by atoms with Gasteiger partial charge in [-0.3, -0.25) is 4.79 Å². The van der Waals surface area contributed by atoms with Crippen LogP contribution in [0.15, 0.2) is 42.5 Å². The quantitative estimate of drug-likeness (QED) is 0.846. The molecule has 21 heavy (non-hydrogen) atoms. The Morgan fingerprint density at radius 1 is 1.10 bits per heavy atom. The van der Waals surface area contributed by atoms with Gasteiger partial charge in [-0.1, -0.05) is 30.3 Å². The molecule has 4 heteroatoms. The van der Waals surface area contributed by atoms with E-state index in [1.807, 2.05) is 41.3 Å². The van der Waals surface area contributed by atoms with Crippen molar-refractivity contribution in [2.75, 3.05) is 12.3 Å². The Kier molecular flexibility index (Phi) is 3.62. The Balaban J connectivity index is 1.79. The average Bonchev–Trinajstić information content (AvgIpc) is 2.51. The maximum Gasteiger partial charge on any atom is 0.254 e. The summed E-state index contributed by atoms with van der Waals surface area (Å²) in [6.45, 7) is 1.34. The topological polar surface area (TPSA) is 66.6 Å². The van der Waals surface area contributed by atoms with Gasteiger partial charge >= 0.3 is 0 Å². The lowest BCUT2D eigenvalue weighted by Gasteiger charge is -2.29. The number of carbonyl (C=O) groups is 1. The Bertz CT molecular complexity index is 665. The second kappa shape index (κ2) is 5.58. The molecule has 3 N–H and O–H groups in total. The van der Waals surface area contributed by atoms with Crippen molar-refractivity contribution in [3.8, 4) is 0 Å². The number of amides is 1. The number of carbonyl (C=O) groups excluding carboxylic acids is 1. The zero-order valence-electron chi connectivity index (χ0n) is 11.7. The number of aliphatic hydroxyl groups excluding tert-OH is 1. The van der Waals surface area contributed by atoms with Gasteiger partial charge in [0, 0.05) is 24.3 Å². The van der Waals surface area contributed by atoms with E-state index in [-0.39, 0.29) is 12.5 Å². The van der Waals surface area contributed by atoms with Gasteiger partial charge in [-0.05, 0) is 35.2 Å². The summed E-state index contributed by atoms with van der Waals surface area (Å²) in [7, 11) is 0. The van der Waals surface area contributed by atoms with Gasteiger partial charge in [0.1, 0.15) is 0 Å². The molecule has 4 nitrogen and oxygen atoms in total. The zero-order valence-corrected chi connectivity index (χ0v) is 11.7. The number of nitrogen functional groups attached to an aromatic ring is 1. The lowest BCUT2D eigenvalue weighted by molar-refractivity contribution is 0.0727. The fourth-order valence-corrected chi connectivity index (χ4v) is 2.66. The van der Waals surface area contributed by atoms with Gasteiger partial charge in [-0.2, -0.15) is 0 Å². The Hall–Kier alpha value is -2.33. The van der Waals surface area contributed by atoms with E-state index in [4.69, 9.17) is 10.8 Å². The lowest BCUT2D eigenvalue weighted by Crippen LogP contribution is -2.37. The summed E-state index contributed by atoms with van der Waals surface area (Å²) in [6.07, 6.45) is 0.857. The summed E-state index contributed by atoms with van der Waals surface area (Å²) in [5, 5.41) is 9.05. The first kappa shape index (κ1) is 13.6. The first-order chi connectivity index (χ1) is 10.2. The molecule has 1 aliphatic heterocycles. The van der Waals surface area contributed by atoms with Gasteiger partial charge in [-0.15, -0.1) is 0 Å². The third-order valence-electron chi connectivity index (χ3n) is 3.88. The van der Waals surface area contributed by atoms with Crippen molar-refractivity contribution in [3.05, 3.63) is 64.7 Å². The maximum atomic E-state index is 12.5. The number of anilines is 1. The van der Waals surface area contributed by atoms with E-state index < -0.39 is 0 Å². The van der Waals surface area contributed by atoms with Gasteiger partial charge in [0.25, 0.3) is 5.91 Å². The summed E-state index contributed by atoms with van der Waals surface area (Å²) in [5.74, 6) is 0.0368. The summed E-state index contributed by atoms with van der Waals surface area (Å²) in [4.78, 5) is 14.4. The second-order valence-corrected chi connectivity index (χ2v) is 5.37. The highest BCUT2D eigenvalue weighted by molar-refractivity contribution is 5.97. The highest BCUT2D eigenvalue weighted by Gasteiger charge is 2.24. The van der Waals surface area contributed by atoms with E-state index in [0.29, 0.717) is 17.8 Å². The molecule has 0 radical (unpaired) electrons. The molecule has 3 rings (SSSR count). The van der Waals surface area contributed by atoms with Crippen LogP contribution in [0.1, 0.15) is 27.0 Å². The molecule has 2 aromatic carbocycles. The predicted octanol–water partition coefficient (Wildman–Crippen LogP) is 1.96. The SMILES string of the molecule is Nc1ccc2c(c1)C(=O)N(Cc1ccc(CO)cc1)CC2. The molecule has 0 spiro atoms. The fourth-order valence-electron chi connectivity index (χ4n) is 2.66. The molecular formula is C17H18N2O2. The Morgan fingerprint density at radius 2 is 1.81 bits per heavy atom. The number of hydrogen-bond donors (Lipinski definition) is 2. The van der Waals surface area contributed by atoms with Crippen LogP contribution in [-0.4, -0.2) is 22.5 Å². The summed E-state index contributed by atoms with van der Waals surface area (Å²) in [5.41, 5.74) is 10.1. The number of nitrogens with zero attached hydrogens (tertiary/aromatic N) is 1. The third-order valence-corrected chi connectivity index (χ3v) is 3.88. The summed E-state index contributed by atoms with van der Waals surface area (Å²) in [6, 6.07) is 13.2. The fraction of sp³-hybridized carbons (Fsp3) is 0.235. The molecule has 0 saturated heterocycles. The molecule has 1 amide bonds. The molecular weight excluding hydrogens is 264 g/mol. The number of fused-ring (bicyclic) bond motifs is 1. The van der Waals surface area contributed by atoms with Crippen LogP contribution in [0.25, 0.3) is 0 Å². The van der Waals surface area contributed by atoms with Crippen molar-refractivity contribution in [2.45, 2.75) is 19.6 Å². The molecule has 1 heterocycles. The standard InChI is InChI=1S/C17H18N2O2/c18-15-6-5-14-7-8-19(17(21)16(14)9-15)10-12-1-3-13(11-20)4-2-12/h1-6,9,20H,7-8,10-11,18H2. The van der Waals surface area contributed by atoms with Gasteiger partial charge in [-0.25, -0.2) is 0 Å². The number of benzene rings is 2. The molecule has 0 aliphatic carbocycles.